The van der Waals surface area contributed by atoms with Gasteiger partial charge in [-0.15, -0.1) is 11.3 Å². The Morgan fingerprint density at radius 1 is 1.40 bits per heavy atom. The van der Waals surface area contributed by atoms with Gasteiger partial charge in [0, 0.05) is 0 Å². The molecule has 0 spiro atoms. The van der Waals surface area contributed by atoms with Crippen LogP contribution in [0.3, 0.4) is 0 Å². The van der Waals surface area contributed by atoms with Gasteiger partial charge in [-0.3, -0.25) is 4.79 Å². The first-order valence-corrected chi connectivity index (χ1v) is 7.73. The van der Waals surface area contributed by atoms with Gasteiger partial charge in [-0.2, -0.15) is 4.98 Å². The number of hydrogen-bond acceptors (Lipinski definition) is 5. The molecule has 104 valence electrons. The molecular weight excluding hydrogens is 344 g/mol. The van der Waals surface area contributed by atoms with E-state index in [9.17, 15) is 9.90 Å². The maximum atomic E-state index is 11.3. The van der Waals surface area contributed by atoms with Gasteiger partial charge in [0.05, 0.1) is 20.5 Å². The lowest BCUT2D eigenvalue weighted by molar-refractivity contribution is -0.142. The Balaban J connectivity index is 1.89. The van der Waals surface area contributed by atoms with Crippen LogP contribution in [-0.2, 0) is 4.79 Å². The van der Waals surface area contributed by atoms with Crippen molar-refractivity contribution in [3.05, 3.63) is 34.0 Å². The highest BCUT2D eigenvalue weighted by Gasteiger charge is 2.34. The predicted octanol–water partition coefficient (Wildman–Crippen LogP) is 3.70. The fourth-order valence-electron chi connectivity index (χ4n) is 2.28. The van der Waals surface area contributed by atoms with Crippen molar-refractivity contribution >= 4 is 33.2 Å². The van der Waals surface area contributed by atoms with Gasteiger partial charge in [0.25, 0.3) is 0 Å². The van der Waals surface area contributed by atoms with Crippen molar-refractivity contribution in [3.63, 3.8) is 0 Å². The van der Waals surface area contributed by atoms with Crippen LogP contribution in [-0.4, -0.2) is 21.2 Å². The molecule has 1 aliphatic rings. The van der Waals surface area contributed by atoms with Crippen molar-refractivity contribution in [2.24, 2.45) is 5.92 Å². The molecule has 5 nitrogen and oxygen atoms in total. The third-order valence-electron chi connectivity index (χ3n) is 3.30. The summed E-state index contributed by atoms with van der Waals surface area (Å²) in [6.45, 7) is 0. The molecule has 7 heteroatoms. The number of thiophene rings is 1. The van der Waals surface area contributed by atoms with Crippen molar-refractivity contribution in [3.8, 4) is 10.7 Å². The number of aromatic nitrogens is 2. The van der Waals surface area contributed by atoms with E-state index in [4.69, 9.17) is 4.52 Å². The number of hydrogen-bond donors (Lipinski definition) is 1. The minimum absolute atomic E-state index is 0.248. The van der Waals surface area contributed by atoms with Crippen LogP contribution in [0.2, 0.25) is 0 Å². The lowest BCUT2D eigenvalue weighted by atomic mass is 9.83. The molecule has 0 radical (unpaired) electrons. The topological polar surface area (TPSA) is 76.2 Å². The number of carboxylic acid groups (broad SMARTS) is 1. The van der Waals surface area contributed by atoms with Crippen LogP contribution in [0.15, 0.2) is 32.6 Å². The maximum absolute atomic E-state index is 11.3. The molecule has 0 saturated heterocycles. The summed E-state index contributed by atoms with van der Waals surface area (Å²) in [5.74, 6) is -0.654. The minimum atomic E-state index is -0.821. The van der Waals surface area contributed by atoms with Gasteiger partial charge in [-0.25, -0.2) is 0 Å². The third kappa shape index (κ3) is 2.55. The number of carboxylic acids is 1. The molecule has 2 aromatic rings. The Morgan fingerprint density at radius 3 is 2.90 bits per heavy atom. The summed E-state index contributed by atoms with van der Waals surface area (Å²) in [7, 11) is 0. The zero-order valence-corrected chi connectivity index (χ0v) is 12.7. The van der Waals surface area contributed by atoms with Crippen molar-refractivity contribution in [2.45, 2.75) is 18.8 Å². The molecule has 0 aromatic carbocycles. The lowest BCUT2D eigenvalue weighted by Gasteiger charge is -2.21. The van der Waals surface area contributed by atoms with Crippen molar-refractivity contribution in [1.82, 2.24) is 10.1 Å². The Kier molecular flexibility index (Phi) is 3.71. The second kappa shape index (κ2) is 5.49. The molecule has 0 fully saturated rings. The molecule has 2 atom stereocenters. The van der Waals surface area contributed by atoms with E-state index in [1.54, 1.807) is 0 Å². The standard InChI is InChI=1S/C13H11BrN2O3S/c14-10-6-5-9(20-10)11-15-12(19-16-11)7-3-1-2-4-8(7)13(17)18/h1-2,5-8H,3-4H2,(H,17,18). The van der Waals surface area contributed by atoms with Gasteiger partial charge in [0.15, 0.2) is 0 Å². The summed E-state index contributed by atoms with van der Waals surface area (Å²) in [4.78, 5) is 16.5. The van der Waals surface area contributed by atoms with E-state index < -0.39 is 11.9 Å². The fraction of sp³-hybridized carbons (Fsp3) is 0.308. The summed E-state index contributed by atoms with van der Waals surface area (Å²) in [6, 6.07) is 3.82. The Hall–Kier alpha value is -1.47. The van der Waals surface area contributed by atoms with E-state index in [-0.39, 0.29) is 5.92 Å². The number of allylic oxidation sites excluding steroid dienone is 2. The van der Waals surface area contributed by atoms with E-state index in [0.29, 0.717) is 24.6 Å². The van der Waals surface area contributed by atoms with Crippen LogP contribution in [0, 0.1) is 5.92 Å². The summed E-state index contributed by atoms with van der Waals surface area (Å²) < 4.78 is 6.27. The molecule has 20 heavy (non-hydrogen) atoms. The van der Waals surface area contributed by atoms with Crippen molar-refractivity contribution in [2.75, 3.05) is 0 Å². The Bertz CT molecular complexity index is 664. The average Bonchev–Trinajstić information content (AvgIpc) is 3.07. The van der Waals surface area contributed by atoms with Gasteiger partial charge < -0.3 is 9.63 Å². The zero-order chi connectivity index (χ0) is 14.1. The first kappa shape index (κ1) is 13.5. The number of nitrogens with zero attached hydrogens (tertiary/aromatic N) is 2. The van der Waals surface area contributed by atoms with E-state index in [1.807, 2.05) is 24.3 Å². The van der Waals surface area contributed by atoms with E-state index in [2.05, 4.69) is 26.1 Å². The number of rotatable bonds is 3. The Labute approximate surface area is 127 Å². The van der Waals surface area contributed by atoms with Crippen LogP contribution in [0.1, 0.15) is 24.7 Å². The smallest absolute Gasteiger partial charge is 0.307 e. The highest BCUT2D eigenvalue weighted by molar-refractivity contribution is 9.11. The van der Waals surface area contributed by atoms with Gasteiger partial charge >= 0.3 is 5.97 Å². The van der Waals surface area contributed by atoms with Crippen LogP contribution >= 0.6 is 27.3 Å². The molecule has 2 aromatic heterocycles. The Morgan fingerprint density at radius 2 is 2.20 bits per heavy atom. The van der Waals surface area contributed by atoms with E-state index >= 15 is 0 Å². The molecule has 2 unspecified atom stereocenters. The highest BCUT2D eigenvalue weighted by Crippen LogP contribution is 2.36. The SMILES string of the molecule is O=C(O)C1CC=CCC1c1nc(-c2ccc(Br)s2)no1. The largest absolute Gasteiger partial charge is 0.481 e. The monoisotopic (exact) mass is 354 g/mol. The molecule has 1 aliphatic carbocycles. The maximum Gasteiger partial charge on any atom is 0.307 e. The number of halogens is 1. The zero-order valence-electron chi connectivity index (χ0n) is 10.3. The highest BCUT2D eigenvalue weighted by atomic mass is 79.9. The van der Waals surface area contributed by atoms with Crippen LogP contribution in [0.25, 0.3) is 10.7 Å². The summed E-state index contributed by atoms with van der Waals surface area (Å²) in [5, 5.41) is 13.2. The van der Waals surface area contributed by atoms with Gasteiger partial charge in [0.1, 0.15) is 0 Å². The van der Waals surface area contributed by atoms with Gasteiger partial charge in [-0.1, -0.05) is 17.3 Å². The van der Waals surface area contributed by atoms with Crippen LogP contribution in [0.4, 0.5) is 0 Å². The molecule has 0 amide bonds. The van der Waals surface area contributed by atoms with Crippen molar-refractivity contribution < 1.29 is 14.4 Å². The average molecular weight is 355 g/mol. The van der Waals surface area contributed by atoms with E-state index in [1.165, 1.54) is 11.3 Å². The fourth-order valence-corrected chi connectivity index (χ4v) is 3.59. The summed E-state index contributed by atoms with van der Waals surface area (Å²) in [6.07, 6.45) is 4.98. The normalized spacial score (nSPS) is 22.1. The number of carbonyl (C=O) groups is 1. The molecule has 1 N–H and O–H groups in total. The van der Waals surface area contributed by atoms with Gasteiger partial charge in [-0.05, 0) is 40.9 Å². The first-order chi connectivity index (χ1) is 9.65. The minimum Gasteiger partial charge on any atom is -0.481 e. The molecule has 0 aliphatic heterocycles. The quantitative estimate of drug-likeness (QED) is 0.850. The van der Waals surface area contributed by atoms with Crippen LogP contribution < -0.4 is 0 Å². The van der Waals surface area contributed by atoms with Crippen molar-refractivity contribution in [1.29, 1.82) is 0 Å². The second-order valence-corrected chi connectivity index (χ2v) is 7.02. The number of aliphatic carboxylic acids is 1. The molecular formula is C13H11BrN2O3S. The summed E-state index contributed by atoms with van der Waals surface area (Å²) in [5.41, 5.74) is 0. The molecule has 0 bridgehead atoms. The van der Waals surface area contributed by atoms with Crippen LogP contribution in [0.5, 0.6) is 0 Å². The molecule has 0 saturated carbocycles. The summed E-state index contributed by atoms with van der Waals surface area (Å²) >= 11 is 4.90. The molecule has 2 heterocycles. The van der Waals surface area contributed by atoms with Gasteiger partial charge in [0.2, 0.25) is 11.7 Å². The second-order valence-electron chi connectivity index (χ2n) is 4.55. The lowest BCUT2D eigenvalue weighted by Crippen LogP contribution is -2.23. The third-order valence-corrected chi connectivity index (χ3v) is 4.92. The predicted molar refractivity (Wildman–Crippen MR) is 77.6 cm³/mol. The van der Waals surface area contributed by atoms with E-state index in [0.717, 1.165) is 8.66 Å². The first-order valence-electron chi connectivity index (χ1n) is 6.12. The molecule has 3 rings (SSSR count).